The molecular weight excluding hydrogens is 173 g/mol. The number of nitrogen functional groups attached to an aromatic ring is 1. The van der Waals surface area contributed by atoms with Crippen LogP contribution in [0.5, 0.6) is 5.75 Å². The second-order valence-corrected chi connectivity index (χ2v) is 2.06. The highest BCUT2D eigenvalue weighted by molar-refractivity contribution is 6.34. The van der Waals surface area contributed by atoms with Gasteiger partial charge in [-0.15, -0.1) is 12.4 Å². The van der Waals surface area contributed by atoms with Crippen LogP contribution < -0.4 is 5.73 Å². The van der Waals surface area contributed by atoms with E-state index in [4.69, 9.17) is 22.4 Å². The van der Waals surface area contributed by atoms with Crippen LogP contribution in [0.25, 0.3) is 0 Å². The van der Waals surface area contributed by atoms with Crippen molar-refractivity contribution in [3.8, 4) is 5.75 Å². The standard InChI is InChI=1S/C6H6ClNO.ClH/c7-6-4(8)2-1-3-5(6)9;/h1-3,9H,8H2;1H. The zero-order chi connectivity index (χ0) is 6.85. The van der Waals surface area contributed by atoms with Gasteiger partial charge in [-0.25, -0.2) is 0 Å². The molecule has 0 saturated carbocycles. The molecule has 0 aromatic heterocycles. The van der Waals surface area contributed by atoms with E-state index in [2.05, 4.69) is 0 Å². The predicted molar refractivity (Wildman–Crippen MR) is 44.8 cm³/mol. The van der Waals surface area contributed by atoms with Gasteiger partial charge in [0.1, 0.15) is 10.8 Å². The Morgan fingerprint density at radius 1 is 1.40 bits per heavy atom. The molecule has 2 nitrogen and oxygen atoms in total. The van der Waals surface area contributed by atoms with Gasteiger partial charge in [-0.2, -0.15) is 0 Å². The van der Waals surface area contributed by atoms with Gasteiger partial charge >= 0.3 is 0 Å². The Morgan fingerprint density at radius 3 is 2.40 bits per heavy atom. The lowest BCUT2D eigenvalue weighted by molar-refractivity contribution is 0.476. The van der Waals surface area contributed by atoms with Gasteiger partial charge in [0.15, 0.2) is 0 Å². The summed E-state index contributed by atoms with van der Waals surface area (Å²) in [6, 6.07) is 4.75. The number of phenolic OH excluding ortho intramolecular Hbond substituents is 1. The van der Waals surface area contributed by atoms with E-state index in [1.165, 1.54) is 6.07 Å². The Hall–Kier alpha value is -0.600. The van der Waals surface area contributed by atoms with Crippen molar-refractivity contribution in [3.63, 3.8) is 0 Å². The lowest BCUT2D eigenvalue weighted by Crippen LogP contribution is -1.84. The minimum atomic E-state index is 0. The lowest BCUT2D eigenvalue weighted by Gasteiger charge is -1.97. The predicted octanol–water partition coefficient (Wildman–Crippen LogP) is 2.05. The van der Waals surface area contributed by atoms with Crippen molar-refractivity contribution >= 4 is 29.7 Å². The summed E-state index contributed by atoms with van der Waals surface area (Å²) in [5.41, 5.74) is 5.73. The fourth-order valence-corrected chi connectivity index (χ4v) is 0.663. The Labute approximate surface area is 70.0 Å². The summed E-state index contributed by atoms with van der Waals surface area (Å²) < 4.78 is 0. The van der Waals surface area contributed by atoms with Crippen molar-refractivity contribution in [2.45, 2.75) is 0 Å². The molecule has 0 heterocycles. The van der Waals surface area contributed by atoms with Crippen LogP contribution in [0.2, 0.25) is 5.02 Å². The molecule has 1 rings (SSSR count). The lowest BCUT2D eigenvalue weighted by atomic mass is 10.3. The molecule has 1 aromatic rings. The van der Waals surface area contributed by atoms with E-state index in [0.717, 1.165) is 0 Å². The molecule has 0 spiro atoms. The summed E-state index contributed by atoms with van der Waals surface area (Å²) in [5.74, 6) is 0.0247. The second kappa shape index (κ2) is 3.54. The molecule has 0 amide bonds. The number of anilines is 1. The van der Waals surface area contributed by atoms with Gasteiger partial charge < -0.3 is 10.8 Å². The maximum atomic E-state index is 8.89. The maximum Gasteiger partial charge on any atom is 0.136 e. The SMILES string of the molecule is Cl.Nc1cccc(O)c1Cl. The van der Waals surface area contributed by atoms with E-state index >= 15 is 0 Å². The van der Waals surface area contributed by atoms with Crippen LogP contribution >= 0.6 is 24.0 Å². The van der Waals surface area contributed by atoms with E-state index in [0.29, 0.717) is 5.69 Å². The average Bonchev–Trinajstić information content (AvgIpc) is 1.83. The third-order valence-electron chi connectivity index (χ3n) is 1.01. The summed E-state index contributed by atoms with van der Waals surface area (Å²) in [4.78, 5) is 0. The van der Waals surface area contributed by atoms with E-state index in [1.807, 2.05) is 0 Å². The van der Waals surface area contributed by atoms with Crippen LogP contribution in [0.3, 0.4) is 0 Å². The normalized spacial score (nSPS) is 8.50. The highest BCUT2D eigenvalue weighted by Crippen LogP contribution is 2.27. The molecule has 0 aliphatic carbocycles. The maximum absolute atomic E-state index is 8.89. The van der Waals surface area contributed by atoms with Crippen molar-refractivity contribution < 1.29 is 5.11 Å². The highest BCUT2D eigenvalue weighted by atomic mass is 35.5. The molecule has 4 heteroatoms. The van der Waals surface area contributed by atoms with Crippen LogP contribution in [0.1, 0.15) is 0 Å². The van der Waals surface area contributed by atoms with Gasteiger partial charge in [-0.05, 0) is 12.1 Å². The first-order chi connectivity index (χ1) is 4.22. The molecule has 0 aliphatic heterocycles. The largest absolute Gasteiger partial charge is 0.506 e. The number of hydrogen-bond donors (Lipinski definition) is 2. The molecule has 3 N–H and O–H groups in total. The van der Waals surface area contributed by atoms with Crippen LogP contribution in [0.4, 0.5) is 5.69 Å². The average molecular weight is 180 g/mol. The first kappa shape index (κ1) is 9.40. The zero-order valence-corrected chi connectivity index (χ0v) is 6.62. The van der Waals surface area contributed by atoms with E-state index in [1.54, 1.807) is 12.1 Å². The molecule has 0 bridgehead atoms. The fourth-order valence-electron chi connectivity index (χ4n) is 0.537. The number of aromatic hydroxyl groups is 1. The van der Waals surface area contributed by atoms with Gasteiger partial charge in [0, 0.05) is 0 Å². The van der Waals surface area contributed by atoms with Crippen molar-refractivity contribution in [2.24, 2.45) is 0 Å². The number of phenols is 1. The monoisotopic (exact) mass is 179 g/mol. The first-order valence-corrected chi connectivity index (χ1v) is 2.82. The minimum absolute atomic E-state index is 0. The third kappa shape index (κ3) is 1.69. The van der Waals surface area contributed by atoms with E-state index in [9.17, 15) is 0 Å². The summed E-state index contributed by atoms with van der Waals surface area (Å²) in [5, 5.41) is 9.11. The zero-order valence-electron chi connectivity index (χ0n) is 5.04. The molecule has 0 unspecified atom stereocenters. The summed E-state index contributed by atoms with van der Waals surface area (Å²) in [6.45, 7) is 0. The van der Waals surface area contributed by atoms with Crippen molar-refractivity contribution in [3.05, 3.63) is 23.2 Å². The minimum Gasteiger partial charge on any atom is -0.506 e. The molecule has 0 aliphatic rings. The van der Waals surface area contributed by atoms with Crippen LogP contribution in [0.15, 0.2) is 18.2 Å². The number of benzene rings is 1. The molecule has 0 fully saturated rings. The van der Waals surface area contributed by atoms with Crippen molar-refractivity contribution in [1.29, 1.82) is 0 Å². The third-order valence-corrected chi connectivity index (χ3v) is 1.42. The van der Waals surface area contributed by atoms with E-state index < -0.39 is 0 Å². The number of hydrogen-bond acceptors (Lipinski definition) is 2. The Kier molecular flexibility index (Phi) is 3.33. The van der Waals surface area contributed by atoms with Crippen molar-refractivity contribution in [1.82, 2.24) is 0 Å². The topological polar surface area (TPSA) is 46.2 Å². The molecule has 0 atom stereocenters. The highest BCUT2D eigenvalue weighted by Gasteiger charge is 1.98. The molecule has 10 heavy (non-hydrogen) atoms. The van der Waals surface area contributed by atoms with Gasteiger partial charge in [0.2, 0.25) is 0 Å². The second-order valence-electron chi connectivity index (χ2n) is 1.68. The van der Waals surface area contributed by atoms with Gasteiger partial charge in [-0.3, -0.25) is 0 Å². The van der Waals surface area contributed by atoms with Gasteiger partial charge in [0.05, 0.1) is 5.69 Å². The number of halogens is 2. The fraction of sp³-hybridized carbons (Fsp3) is 0. The number of nitrogens with two attached hydrogens (primary N) is 1. The van der Waals surface area contributed by atoms with E-state index in [-0.39, 0.29) is 23.2 Å². The Morgan fingerprint density at radius 2 is 2.00 bits per heavy atom. The molecule has 56 valence electrons. The van der Waals surface area contributed by atoms with Crippen molar-refractivity contribution in [2.75, 3.05) is 5.73 Å². The molecular formula is C6H7Cl2NO. The molecule has 0 radical (unpaired) electrons. The van der Waals surface area contributed by atoms with Crippen LogP contribution in [-0.4, -0.2) is 5.11 Å². The smallest absolute Gasteiger partial charge is 0.136 e. The first-order valence-electron chi connectivity index (χ1n) is 2.45. The van der Waals surface area contributed by atoms with Gasteiger partial charge in [-0.1, -0.05) is 17.7 Å². The van der Waals surface area contributed by atoms with Crippen LogP contribution in [-0.2, 0) is 0 Å². The quantitative estimate of drug-likeness (QED) is 0.600. The summed E-state index contributed by atoms with van der Waals surface area (Å²) in [6.07, 6.45) is 0. The molecule has 0 saturated heterocycles. The van der Waals surface area contributed by atoms with Crippen LogP contribution in [0, 0.1) is 0 Å². The summed E-state index contributed by atoms with van der Waals surface area (Å²) >= 11 is 5.50. The Balaban J connectivity index is 0.000000810. The molecule has 1 aromatic carbocycles. The summed E-state index contributed by atoms with van der Waals surface area (Å²) in [7, 11) is 0. The van der Waals surface area contributed by atoms with Gasteiger partial charge in [0.25, 0.3) is 0 Å². The number of rotatable bonds is 0. The Bertz CT molecular complexity index is 207.